The predicted molar refractivity (Wildman–Crippen MR) is 68.2 cm³/mol. The van der Waals surface area contributed by atoms with E-state index in [9.17, 15) is 4.79 Å². The van der Waals surface area contributed by atoms with Crippen molar-refractivity contribution >= 4 is 23.3 Å². The number of nitrogens with zero attached hydrogens (tertiary/aromatic N) is 3. The van der Waals surface area contributed by atoms with E-state index in [1.807, 2.05) is 20.8 Å². The van der Waals surface area contributed by atoms with Crippen molar-refractivity contribution < 1.29 is 4.79 Å². The number of halogens is 1. The maximum absolute atomic E-state index is 11.7. The van der Waals surface area contributed by atoms with Gasteiger partial charge in [0.25, 0.3) is 0 Å². The zero-order valence-electron chi connectivity index (χ0n) is 10.3. The largest absolute Gasteiger partial charge is 0.352 e. The second kappa shape index (κ2) is 6.39. The zero-order valence-corrected chi connectivity index (χ0v) is 11.0. The highest BCUT2D eigenvalue weighted by Gasteiger charge is 2.14. The Morgan fingerprint density at radius 2 is 2.12 bits per heavy atom. The Morgan fingerprint density at radius 1 is 1.47 bits per heavy atom. The van der Waals surface area contributed by atoms with Crippen LogP contribution in [0.25, 0.3) is 0 Å². The predicted octanol–water partition coefficient (Wildman–Crippen LogP) is 1.48. The van der Waals surface area contributed by atoms with Gasteiger partial charge in [0.05, 0.1) is 6.54 Å². The smallest absolute Gasteiger partial charge is 0.239 e. The molecule has 0 aliphatic rings. The molecule has 1 aromatic rings. The fourth-order valence-electron chi connectivity index (χ4n) is 1.40. The number of nitrogens with one attached hydrogen (secondary N) is 1. The Morgan fingerprint density at radius 3 is 2.65 bits per heavy atom. The number of amides is 1. The first-order valence-electron chi connectivity index (χ1n) is 5.55. The molecule has 0 aliphatic heterocycles. The summed E-state index contributed by atoms with van der Waals surface area (Å²) in [4.78, 5) is 21.5. The van der Waals surface area contributed by atoms with Gasteiger partial charge in [-0.25, -0.2) is 9.97 Å². The van der Waals surface area contributed by atoms with Crippen LogP contribution in [-0.4, -0.2) is 35.0 Å². The standard InChI is InChI=1S/C11H17ClN4O/c1-4-16(7-9(17)15-8(2)3)11-10(12)13-5-6-14-11/h5-6,8H,4,7H2,1-3H3,(H,15,17). The molecule has 0 fully saturated rings. The van der Waals surface area contributed by atoms with Crippen LogP contribution in [0.1, 0.15) is 20.8 Å². The average Bonchev–Trinajstić information content (AvgIpc) is 2.26. The van der Waals surface area contributed by atoms with Crippen LogP contribution in [0.15, 0.2) is 12.4 Å². The van der Waals surface area contributed by atoms with Crippen molar-refractivity contribution in [3.63, 3.8) is 0 Å². The summed E-state index contributed by atoms with van der Waals surface area (Å²) in [6.45, 7) is 6.65. The Labute approximate surface area is 106 Å². The fourth-order valence-corrected chi connectivity index (χ4v) is 1.63. The minimum atomic E-state index is -0.0523. The van der Waals surface area contributed by atoms with Crippen molar-refractivity contribution in [3.8, 4) is 0 Å². The van der Waals surface area contributed by atoms with Gasteiger partial charge < -0.3 is 10.2 Å². The zero-order chi connectivity index (χ0) is 12.8. The van der Waals surface area contributed by atoms with Crippen molar-refractivity contribution in [2.75, 3.05) is 18.0 Å². The van der Waals surface area contributed by atoms with Gasteiger partial charge >= 0.3 is 0 Å². The lowest BCUT2D eigenvalue weighted by Crippen LogP contribution is -2.40. The van der Waals surface area contributed by atoms with E-state index < -0.39 is 0 Å². The van der Waals surface area contributed by atoms with Crippen molar-refractivity contribution in [2.24, 2.45) is 0 Å². The molecule has 0 saturated carbocycles. The van der Waals surface area contributed by atoms with E-state index in [1.165, 1.54) is 6.20 Å². The molecule has 0 unspecified atom stereocenters. The van der Waals surface area contributed by atoms with Gasteiger partial charge in [-0.15, -0.1) is 0 Å². The van der Waals surface area contributed by atoms with E-state index in [2.05, 4.69) is 15.3 Å². The van der Waals surface area contributed by atoms with Crippen LogP contribution in [0, 0.1) is 0 Å². The molecule has 1 N–H and O–H groups in total. The van der Waals surface area contributed by atoms with E-state index in [4.69, 9.17) is 11.6 Å². The molecular formula is C11H17ClN4O. The summed E-state index contributed by atoms with van der Waals surface area (Å²) in [6.07, 6.45) is 3.08. The summed E-state index contributed by atoms with van der Waals surface area (Å²) in [5, 5.41) is 3.14. The molecule has 1 rings (SSSR count). The number of anilines is 1. The maximum Gasteiger partial charge on any atom is 0.239 e. The van der Waals surface area contributed by atoms with Crippen molar-refractivity contribution in [2.45, 2.75) is 26.8 Å². The fraction of sp³-hybridized carbons (Fsp3) is 0.545. The molecule has 0 saturated heterocycles. The van der Waals surface area contributed by atoms with E-state index in [0.717, 1.165) is 0 Å². The first-order chi connectivity index (χ1) is 8.04. The molecule has 0 atom stereocenters. The first-order valence-corrected chi connectivity index (χ1v) is 5.93. The Kier molecular flexibility index (Phi) is 5.15. The molecule has 1 aromatic heterocycles. The van der Waals surface area contributed by atoms with Crippen LogP contribution in [0.4, 0.5) is 5.82 Å². The minimum Gasteiger partial charge on any atom is -0.352 e. The summed E-state index contributed by atoms with van der Waals surface area (Å²) in [5.41, 5.74) is 0. The number of rotatable bonds is 5. The summed E-state index contributed by atoms with van der Waals surface area (Å²) in [6, 6.07) is 0.124. The average molecular weight is 257 g/mol. The molecule has 0 radical (unpaired) electrons. The van der Waals surface area contributed by atoms with E-state index in [0.29, 0.717) is 17.5 Å². The number of carbonyl (C=O) groups excluding carboxylic acids is 1. The highest BCUT2D eigenvalue weighted by molar-refractivity contribution is 6.31. The van der Waals surface area contributed by atoms with Crippen molar-refractivity contribution in [3.05, 3.63) is 17.5 Å². The number of carbonyl (C=O) groups is 1. The topological polar surface area (TPSA) is 58.1 Å². The molecule has 94 valence electrons. The molecule has 6 heteroatoms. The number of likely N-dealkylation sites (N-methyl/N-ethyl adjacent to an activating group) is 1. The van der Waals surface area contributed by atoms with Gasteiger partial charge in [-0.2, -0.15) is 0 Å². The molecule has 17 heavy (non-hydrogen) atoms. The molecule has 1 amide bonds. The Hall–Kier alpha value is -1.36. The Bertz CT molecular complexity index is 383. The number of hydrogen-bond acceptors (Lipinski definition) is 4. The van der Waals surface area contributed by atoms with Gasteiger partial charge in [0, 0.05) is 25.0 Å². The lowest BCUT2D eigenvalue weighted by molar-refractivity contribution is -0.120. The Balaban J connectivity index is 2.73. The van der Waals surface area contributed by atoms with Crippen LogP contribution in [0.5, 0.6) is 0 Å². The van der Waals surface area contributed by atoms with E-state index in [1.54, 1.807) is 11.1 Å². The van der Waals surface area contributed by atoms with Gasteiger partial charge in [-0.3, -0.25) is 4.79 Å². The molecule has 0 spiro atoms. The van der Waals surface area contributed by atoms with Gasteiger partial charge in [-0.05, 0) is 20.8 Å². The minimum absolute atomic E-state index is 0.0523. The SMILES string of the molecule is CCN(CC(=O)NC(C)C)c1nccnc1Cl. The van der Waals surface area contributed by atoms with Crippen LogP contribution in [-0.2, 0) is 4.79 Å². The quantitative estimate of drug-likeness (QED) is 0.867. The van der Waals surface area contributed by atoms with Crippen LogP contribution in [0.3, 0.4) is 0 Å². The maximum atomic E-state index is 11.7. The second-order valence-corrected chi connectivity index (χ2v) is 4.27. The lowest BCUT2D eigenvalue weighted by Gasteiger charge is -2.22. The van der Waals surface area contributed by atoms with Gasteiger partial charge in [-0.1, -0.05) is 11.6 Å². The van der Waals surface area contributed by atoms with Gasteiger partial charge in [0.1, 0.15) is 0 Å². The number of aromatic nitrogens is 2. The second-order valence-electron chi connectivity index (χ2n) is 3.91. The molecule has 0 aromatic carbocycles. The van der Waals surface area contributed by atoms with Crippen molar-refractivity contribution in [1.82, 2.24) is 15.3 Å². The summed E-state index contributed by atoms with van der Waals surface area (Å²) >= 11 is 5.94. The van der Waals surface area contributed by atoms with Crippen LogP contribution < -0.4 is 10.2 Å². The van der Waals surface area contributed by atoms with E-state index in [-0.39, 0.29) is 18.5 Å². The number of hydrogen-bond donors (Lipinski definition) is 1. The summed E-state index contributed by atoms with van der Waals surface area (Å²) in [7, 11) is 0. The third kappa shape index (κ3) is 4.19. The normalized spacial score (nSPS) is 10.4. The summed E-state index contributed by atoms with van der Waals surface area (Å²) < 4.78 is 0. The van der Waals surface area contributed by atoms with E-state index >= 15 is 0 Å². The highest BCUT2D eigenvalue weighted by atomic mass is 35.5. The monoisotopic (exact) mass is 256 g/mol. The third-order valence-corrected chi connectivity index (χ3v) is 2.37. The van der Waals surface area contributed by atoms with Gasteiger partial charge in [0.15, 0.2) is 11.0 Å². The molecule has 1 heterocycles. The molecule has 5 nitrogen and oxygen atoms in total. The van der Waals surface area contributed by atoms with Gasteiger partial charge in [0.2, 0.25) is 5.91 Å². The summed E-state index contributed by atoms with van der Waals surface area (Å²) in [5.74, 6) is 0.485. The first kappa shape index (κ1) is 13.7. The molecule has 0 aliphatic carbocycles. The molecule has 0 bridgehead atoms. The van der Waals surface area contributed by atoms with Crippen LogP contribution >= 0.6 is 11.6 Å². The highest BCUT2D eigenvalue weighted by Crippen LogP contribution is 2.18. The lowest BCUT2D eigenvalue weighted by atomic mass is 10.3. The third-order valence-electron chi connectivity index (χ3n) is 2.10. The molecular weight excluding hydrogens is 240 g/mol. The van der Waals surface area contributed by atoms with Crippen LogP contribution in [0.2, 0.25) is 5.15 Å². The van der Waals surface area contributed by atoms with Crippen molar-refractivity contribution in [1.29, 1.82) is 0 Å².